The largest absolute Gasteiger partial charge is 0.138 e. The summed E-state index contributed by atoms with van der Waals surface area (Å²) in [5, 5.41) is 2.98. The number of thiophene rings is 4. The molecule has 0 saturated carbocycles. The molecule has 2 unspecified atom stereocenters. The molecule has 36 heavy (non-hydrogen) atoms. The van der Waals surface area contributed by atoms with E-state index in [1.807, 2.05) is 22.7 Å². The van der Waals surface area contributed by atoms with Gasteiger partial charge in [-0.15, -0.1) is 45.3 Å². The molecule has 0 fully saturated rings. The zero-order chi connectivity index (χ0) is 25.1. The van der Waals surface area contributed by atoms with Crippen molar-refractivity contribution in [2.45, 2.75) is 117 Å². The van der Waals surface area contributed by atoms with Crippen molar-refractivity contribution in [2.75, 3.05) is 0 Å². The van der Waals surface area contributed by atoms with Crippen LogP contribution >= 0.6 is 45.3 Å². The Morgan fingerprint density at radius 3 is 1.36 bits per heavy atom. The summed E-state index contributed by atoms with van der Waals surface area (Å²) in [6.45, 7) is 9.47. The minimum Gasteiger partial charge on any atom is -0.138 e. The fourth-order valence-corrected chi connectivity index (χ4v) is 11.1. The van der Waals surface area contributed by atoms with E-state index in [0.29, 0.717) is 11.8 Å². The van der Waals surface area contributed by atoms with Crippen LogP contribution in [0.15, 0.2) is 24.3 Å². The first-order valence-corrected chi connectivity index (χ1v) is 17.7. The molecule has 0 aliphatic rings. The van der Waals surface area contributed by atoms with Gasteiger partial charge in [-0.1, -0.05) is 104 Å². The molecule has 0 saturated heterocycles. The van der Waals surface area contributed by atoms with Gasteiger partial charge in [0.15, 0.2) is 0 Å². The number of rotatable bonds is 14. The lowest BCUT2D eigenvalue weighted by atomic mass is 10.0. The highest BCUT2D eigenvalue weighted by Gasteiger charge is 2.19. The average Bonchev–Trinajstić information content (AvgIpc) is 3.62. The first-order chi connectivity index (χ1) is 17.6. The Labute approximate surface area is 233 Å². The maximum Gasteiger partial charge on any atom is 0.0542 e. The Morgan fingerprint density at radius 1 is 0.528 bits per heavy atom. The van der Waals surface area contributed by atoms with E-state index in [4.69, 9.17) is 0 Å². The van der Waals surface area contributed by atoms with E-state index >= 15 is 0 Å². The molecule has 0 aliphatic heterocycles. The van der Waals surface area contributed by atoms with Gasteiger partial charge in [-0.3, -0.25) is 0 Å². The van der Waals surface area contributed by atoms with Crippen LogP contribution in [0.2, 0.25) is 0 Å². The minimum atomic E-state index is 0.689. The standard InChI is InChI=1S/C32H42S4/c1-5-7-9-11-13-15-21(3)25-19-27-29(33-25)23-17-18-24-30-28(36-32(24)31(23)35-27)20-26(34-30)22(4)16-14-12-10-8-6-2/h17-22H,5-16H2,1-4H3. The zero-order valence-electron chi connectivity index (χ0n) is 22.6. The van der Waals surface area contributed by atoms with Gasteiger partial charge in [0.05, 0.1) is 18.8 Å². The van der Waals surface area contributed by atoms with Crippen LogP contribution in [-0.4, -0.2) is 0 Å². The highest BCUT2D eigenvalue weighted by Crippen LogP contribution is 2.50. The van der Waals surface area contributed by atoms with E-state index in [1.54, 1.807) is 9.75 Å². The van der Waals surface area contributed by atoms with Gasteiger partial charge in [-0.2, -0.15) is 0 Å². The predicted molar refractivity (Wildman–Crippen MR) is 172 cm³/mol. The molecular weight excluding hydrogens is 513 g/mol. The Balaban J connectivity index is 1.33. The van der Waals surface area contributed by atoms with E-state index in [0.717, 1.165) is 0 Å². The second-order valence-corrected chi connectivity index (χ2v) is 15.2. The maximum absolute atomic E-state index is 2.52. The van der Waals surface area contributed by atoms with Crippen LogP contribution in [0.5, 0.6) is 0 Å². The molecule has 4 aromatic heterocycles. The predicted octanol–water partition coefficient (Wildman–Crippen LogP) is 13.5. The highest BCUT2D eigenvalue weighted by molar-refractivity contribution is 7.38. The number of unbranched alkanes of at least 4 members (excludes halogenated alkanes) is 8. The molecule has 0 spiro atoms. The van der Waals surface area contributed by atoms with Gasteiger partial charge in [0.25, 0.3) is 0 Å². The lowest BCUT2D eigenvalue weighted by molar-refractivity contribution is 0.571. The summed E-state index contributed by atoms with van der Waals surface area (Å²) in [6, 6.07) is 9.89. The molecule has 0 aliphatic carbocycles. The van der Waals surface area contributed by atoms with Crippen molar-refractivity contribution in [2.24, 2.45) is 0 Å². The quantitative estimate of drug-likeness (QED) is 0.120. The lowest BCUT2D eigenvalue weighted by Crippen LogP contribution is -1.90. The Hall–Kier alpha value is -0.940. The fraction of sp³-hybridized carbons (Fsp3) is 0.562. The molecule has 0 radical (unpaired) electrons. The van der Waals surface area contributed by atoms with Crippen molar-refractivity contribution >= 4 is 84.3 Å². The van der Waals surface area contributed by atoms with Crippen LogP contribution in [-0.2, 0) is 0 Å². The molecule has 0 nitrogen and oxygen atoms in total. The van der Waals surface area contributed by atoms with Gasteiger partial charge in [-0.25, -0.2) is 0 Å². The number of hydrogen-bond donors (Lipinski definition) is 0. The summed E-state index contributed by atoms with van der Waals surface area (Å²) in [5.74, 6) is 1.38. The number of fused-ring (bicyclic) bond motifs is 7. The molecule has 4 heteroatoms. The van der Waals surface area contributed by atoms with Crippen LogP contribution in [0.1, 0.15) is 126 Å². The van der Waals surface area contributed by atoms with Gasteiger partial charge >= 0.3 is 0 Å². The Bertz CT molecular complexity index is 1300. The van der Waals surface area contributed by atoms with Crippen LogP contribution < -0.4 is 0 Å². The smallest absolute Gasteiger partial charge is 0.0542 e. The molecule has 2 atom stereocenters. The SMILES string of the molecule is CCCCCCCC(C)c1cc2sc3c(ccc4c5sc(C(C)CCCCCCC)cc5sc43)c2s1. The normalized spacial score (nSPS) is 14.1. The second kappa shape index (κ2) is 12.3. The molecule has 0 N–H and O–H groups in total. The third-order valence-corrected chi connectivity index (χ3v) is 13.4. The maximum atomic E-state index is 2.52. The lowest BCUT2D eigenvalue weighted by Gasteiger charge is -2.08. The fourth-order valence-electron chi connectivity index (χ4n) is 5.53. The molecular formula is C32H42S4. The summed E-state index contributed by atoms with van der Waals surface area (Å²) in [6.07, 6.45) is 16.5. The van der Waals surface area contributed by atoms with E-state index < -0.39 is 0 Å². The Morgan fingerprint density at radius 2 is 0.944 bits per heavy atom. The third-order valence-electron chi connectivity index (χ3n) is 7.91. The van der Waals surface area contributed by atoms with Crippen molar-refractivity contribution in [3.05, 3.63) is 34.0 Å². The molecule has 0 bridgehead atoms. The van der Waals surface area contributed by atoms with Crippen molar-refractivity contribution in [1.29, 1.82) is 0 Å². The molecule has 194 valence electrons. The second-order valence-electron chi connectivity index (χ2n) is 10.9. The monoisotopic (exact) mass is 554 g/mol. The van der Waals surface area contributed by atoms with E-state index in [1.165, 1.54) is 116 Å². The number of benzene rings is 1. The average molecular weight is 555 g/mol. The van der Waals surface area contributed by atoms with Gasteiger partial charge in [-0.05, 0) is 36.8 Å². The Kier molecular flexibility index (Phi) is 9.09. The van der Waals surface area contributed by atoms with E-state index in [-0.39, 0.29) is 0 Å². The highest BCUT2D eigenvalue weighted by atomic mass is 32.1. The summed E-state index contributed by atoms with van der Waals surface area (Å²) < 4.78 is 9.10. The van der Waals surface area contributed by atoms with E-state index in [9.17, 15) is 0 Å². The summed E-state index contributed by atoms with van der Waals surface area (Å²) in [7, 11) is 0. The van der Waals surface area contributed by atoms with Crippen LogP contribution in [0.3, 0.4) is 0 Å². The summed E-state index contributed by atoms with van der Waals surface area (Å²) >= 11 is 8.20. The molecule has 1 aromatic carbocycles. The van der Waals surface area contributed by atoms with Gasteiger partial charge < -0.3 is 0 Å². The van der Waals surface area contributed by atoms with Crippen molar-refractivity contribution in [1.82, 2.24) is 0 Å². The van der Waals surface area contributed by atoms with E-state index in [2.05, 4.69) is 74.6 Å². The van der Waals surface area contributed by atoms with Crippen LogP contribution in [0.25, 0.3) is 39.0 Å². The minimum absolute atomic E-state index is 0.689. The first-order valence-electron chi connectivity index (χ1n) is 14.4. The van der Waals surface area contributed by atoms with Gasteiger partial charge in [0.2, 0.25) is 0 Å². The van der Waals surface area contributed by atoms with Crippen LogP contribution in [0.4, 0.5) is 0 Å². The molecule has 5 aromatic rings. The molecule has 0 amide bonds. The van der Waals surface area contributed by atoms with Gasteiger partial charge in [0.1, 0.15) is 0 Å². The molecule has 4 heterocycles. The zero-order valence-corrected chi connectivity index (χ0v) is 25.8. The van der Waals surface area contributed by atoms with Crippen molar-refractivity contribution in [3.8, 4) is 0 Å². The van der Waals surface area contributed by atoms with Gasteiger partial charge in [0, 0.05) is 29.9 Å². The van der Waals surface area contributed by atoms with Crippen molar-refractivity contribution in [3.63, 3.8) is 0 Å². The summed E-state index contributed by atoms with van der Waals surface area (Å²) in [4.78, 5) is 3.18. The molecule has 5 rings (SSSR count). The first kappa shape index (κ1) is 26.7. The third kappa shape index (κ3) is 5.58. The van der Waals surface area contributed by atoms with Crippen LogP contribution in [0, 0.1) is 0 Å². The topological polar surface area (TPSA) is 0 Å². The van der Waals surface area contributed by atoms with Crippen molar-refractivity contribution < 1.29 is 0 Å². The number of hydrogen-bond acceptors (Lipinski definition) is 4. The summed E-state index contributed by atoms with van der Waals surface area (Å²) in [5.41, 5.74) is 0.